The van der Waals surface area contributed by atoms with Crippen molar-refractivity contribution in [3.05, 3.63) is 89.7 Å². The molecular weight excluding hydrogens is 368 g/mol. The Morgan fingerprint density at radius 1 is 0.967 bits per heavy atom. The Morgan fingerprint density at radius 2 is 1.60 bits per heavy atom. The first-order valence-electron chi connectivity index (χ1n) is 10.5. The number of hydrogen-bond acceptors (Lipinski definition) is 3. The van der Waals surface area contributed by atoms with Crippen LogP contribution >= 0.6 is 0 Å². The number of nitrogens with zero attached hydrogens (tertiary/aromatic N) is 3. The van der Waals surface area contributed by atoms with Crippen molar-refractivity contribution >= 4 is 16.6 Å². The van der Waals surface area contributed by atoms with Gasteiger partial charge in [-0.05, 0) is 53.9 Å². The zero-order valence-corrected chi connectivity index (χ0v) is 17.9. The lowest BCUT2D eigenvalue weighted by molar-refractivity contribution is 0.347. The maximum Gasteiger partial charge on any atom is 0.190 e. The smallest absolute Gasteiger partial charge is 0.190 e. The molecule has 4 heteroatoms. The summed E-state index contributed by atoms with van der Waals surface area (Å²) >= 11 is 0. The van der Waals surface area contributed by atoms with E-state index in [1.54, 1.807) is 6.07 Å². The van der Waals surface area contributed by atoms with Gasteiger partial charge in [0, 0.05) is 25.2 Å². The standard InChI is InChI=1S/C16H22N4.C10H8/c1-3-4-13-9-10-19(2)11-14(13)5-6-15-7-8-16(18)20(15)12-17;1-2-6-10-8-4-3-7-9(10)5-1/h4-5,7-8H,3,6,9-11,18H2,1-2H3;1-8H/b13-4-,14-5-;. The monoisotopic (exact) mass is 398 g/mol. The Hall–Kier alpha value is -3.29. The Kier molecular flexibility index (Phi) is 7.48. The minimum absolute atomic E-state index is 0.506. The first-order valence-corrected chi connectivity index (χ1v) is 10.5. The molecule has 2 aromatic carbocycles. The summed E-state index contributed by atoms with van der Waals surface area (Å²) in [6.07, 6.45) is 9.59. The van der Waals surface area contributed by atoms with E-state index in [1.165, 1.54) is 26.5 Å². The zero-order valence-electron chi connectivity index (χ0n) is 17.9. The van der Waals surface area contributed by atoms with E-state index in [-0.39, 0.29) is 0 Å². The number of likely N-dealkylation sites (tertiary alicyclic amines) is 1. The molecule has 1 fully saturated rings. The van der Waals surface area contributed by atoms with E-state index in [9.17, 15) is 0 Å². The van der Waals surface area contributed by atoms with Gasteiger partial charge in [0.2, 0.25) is 0 Å². The van der Waals surface area contributed by atoms with E-state index in [4.69, 9.17) is 11.0 Å². The van der Waals surface area contributed by atoms with Crippen LogP contribution in [0.2, 0.25) is 0 Å². The van der Waals surface area contributed by atoms with Crippen molar-refractivity contribution in [2.45, 2.75) is 26.2 Å². The lowest BCUT2D eigenvalue weighted by atomic mass is 9.96. The van der Waals surface area contributed by atoms with Crippen molar-refractivity contribution in [1.82, 2.24) is 9.47 Å². The zero-order chi connectivity index (χ0) is 21.3. The van der Waals surface area contributed by atoms with Crippen LogP contribution in [-0.4, -0.2) is 29.6 Å². The van der Waals surface area contributed by atoms with Gasteiger partial charge in [-0.15, -0.1) is 0 Å². The van der Waals surface area contributed by atoms with Gasteiger partial charge in [-0.1, -0.05) is 67.6 Å². The summed E-state index contributed by atoms with van der Waals surface area (Å²) in [5, 5.41) is 11.7. The largest absolute Gasteiger partial charge is 0.384 e. The van der Waals surface area contributed by atoms with E-state index >= 15 is 0 Å². The van der Waals surface area contributed by atoms with Crippen LogP contribution in [0.25, 0.3) is 10.8 Å². The van der Waals surface area contributed by atoms with E-state index in [1.807, 2.05) is 6.07 Å². The number of piperidine rings is 1. The molecule has 2 heterocycles. The molecule has 30 heavy (non-hydrogen) atoms. The van der Waals surface area contributed by atoms with Crippen LogP contribution in [0.3, 0.4) is 0 Å². The molecule has 4 nitrogen and oxygen atoms in total. The average molecular weight is 399 g/mol. The molecule has 0 saturated carbocycles. The summed E-state index contributed by atoms with van der Waals surface area (Å²) in [6.45, 7) is 4.27. The molecular formula is C26H30N4. The van der Waals surface area contributed by atoms with Crippen LogP contribution in [0, 0.1) is 11.5 Å². The van der Waals surface area contributed by atoms with Crippen molar-refractivity contribution in [2.24, 2.45) is 0 Å². The maximum absolute atomic E-state index is 9.10. The second kappa shape index (κ2) is 10.5. The van der Waals surface area contributed by atoms with Crippen LogP contribution in [0.5, 0.6) is 0 Å². The molecule has 4 rings (SSSR count). The van der Waals surface area contributed by atoms with Crippen LogP contribution < -0.4 is 5.73 Å². The van der Waals surface area contributed by atoms with Gasteiger partial charge in [-0.25, -0.2) is 4.57 Å². The number of fused-ring (bicyclic) bond motifs is 1. The van der Waals surface area contributed by atoms with Gasteiger partial charge in [0.15, 0.2) is 6.19 Å². The quantitative estimate of drug-likeness (QED) is 0.644. The molecule has 2 N–H and O–H groups in total. The normalized spacial score (nSPS) is 17.0. The predicted octanol–water partition coefficient (Wildman–Crippen LogP) is 5.38. The topological polar surface area (TPSA) is 58.0 Å². The molecule has 0 bridgehead atoms. The van der Waals surface area contributed by atoms with Crippen molar-refractivity contribution in [3.8, 4) is 6.19 Å². The SMILES string of the molecule is CC/C=C1/CCN(C)C/C1=C/Cc1ccc(N)n1C#N.c1ccc2ccccc2c1. The fourth-order valence-corrected chi connectivity index (χ4v) is 3.76. The Labute approximate surface area is 179 Å². The van der Waals surface area contributed by atoms with Gasteiger partial charge in [-0.2, -0.15) is 5.26 Å². The van der Waals surface area contributed by atoms with Crippen molar-refractivity contribution in [2.75, 3.05) is 25.9 Å². The number of rotatable bonds is 3. The second-order valence-corrected chi connectivity index (χ2v) is 7.59. The van der Waals surface area contributed by atoms with Crippen LogP contribution in [-0.2, 0) is 6.42 Å². The third-order valence-corrected chi connectivity index (χ3v) is 5.37. The summed E-state index contributed by atoms with van der Waals surface area (Å²) < 4.78 is 1.49. The highest BCUT2D eigenvalue weighted by molar-refractivity contribution is 5.82. The minimum atomic E-state index is 0.506. The number of nitriles is 1. The number of anilines is 1. The molecule has 0 unspecified atom stereocenters. The van der Waals surface area contributed by atoms with Gasteiger partial charge in [0.05, 0.1) is 0 Å². The molecule has 1 aromatic heterocycles. The second-order valence-electron chi connectivity index (χ2n) is 7.59. The summed E-state index contributed by atoms with van der Waals surface area (Å²) in [7, 11) is 2.15. The fourth-order valence-electron chi connectivity index (χ4n) is 3.76. The number of allylic oxidation sites excluding steroid dienone is 2. The van der Waals surface area contributed by atoms with Crippen LogP contribution in [0.4, 0.5) is 5.82 Å². The predicted molar refractivity (Wildman–Crippen MR) is 126 cm³/mol. The number of nitrogens with two attached hydrogens (primary N) is 1. The first-order chi connectivity index (χ1) is 14.6. The summed E-state index contributed by atoms with van der Waals surface area (Å²) in [4.78, 5) is 2.33. The van der Waals surface area contributed by atoms with E-state index in [0.29, 0.717) is 5.82 Å². The number of nitrogen functional groups attached to an aromatic ring is 1. The molecule has 1 aliphatic heterocycles. The highest BCUT2D eigenvalue weighted by Gasteiger charge is 2.15. The average Bonchev–Trinajstić information content (AvgIpc) is 3.14. The van der Waals surface area contributed by atoms with Crippen LogP contribution in [0.15, 0.2) is 84.0 Å². The summed E-state index contributed by atoms with van der Waals surface area (Å²) in [5.74, 6) is 0.506. The van der Waals surface area contributed by atoms with Crippen molar-refractivity contribution in [3.63, 3.8) is 0 Å². The van der Waals surface area contributed by atoms with Gasteiger partial charge in [0.25, 0.3) is 0 Å². The molecule has 0 aliphatic carbocycles. The third kappa shape index (κ3) is 5.40. The van der Waals surface area contributed by atoms with E-state index < -0.39 is 0 Å². The molecule has 0 radical (unpaired) electrons. The van der Waals surface area contributed by atoms with Gasteiger partial charge in [-0.3, -0.25) is 0 Å². The molecule has 0 spiro atoms. The Bertz CT molecular complexity index is 1020. The maximum atomic E-state index is 9.10. The molecule has 1 aliphatic rings. The van der Waals surface area contributed by atoms with Crippen LogP contribution in [0.1, 0.15) is 25.5 Å². The molecule has 1 saturated heterocycles. The molecule has 0 atom stereocenters. The number of aromatic nitrogens is 1. The highest BCUT2D eigenvalue weighted by Crippen LogP contribution is 2.23. The highest BCUT2D eigenvalue weighted by atomic mass is 15.1. The van der Waals surface area contributed by atoms with Crippen molar-refractivity contribution in [1.29, 1.82) is 5.26 Å². The Balaban J connectivity index is 0.000000212. The van der Waals surface area contributed by atoms with Gasteiger partial charge in [0.1, 0.15) is 5.82 Å². The number of benzene rings is 2. The summed E-state index contributed by atoms with van der Waals surface area (Å²) in [5.41, 5.74) is 9.54. The summed E-state index contributed by atoms with van der Waals surface area (Å²) in [6, 6.07) is 20.4. The third-order valence-electron chi connectivity index (χ3n) is 5.37. The number of likely N-dealkylation sites (N-methyl/N-ethyl adjacent to an activating group) is 1. The lowest BCUT2D eigenvalue weighted by Crippen LogP contribution is -2.28. The molecule has 0 amide bonds. The van der Waals surface area contributed by atoms with Crippen molar-refractivity contribution < 1.29 is 0 Å². The first kappa shape index (κ1) is 21.4. The minimum Gasteiger partial charge on any atom is -0.384 e. The van der Waals surface area contributed by atoms with Gasteiger partial charge >= 0.3 is 0 Å². The number of hydrogen-bond donors (Lipinski definition) is 1. The Morgan fingerprint density at radius 3 is 2.17 bits per heavy atom. The van der Waals surface area contributed by atoms with Gasteiger partial charge < -0.3 is 10.6 Å². The lowest BCUT2D eigenvalue weighted by Gasteiger charge is -2.27. The van der Waals surface area contributed by atoms with E-state index in [0.717, 1.165) is 38.0 Å². The molecule has 3 aromatic rings. The fraction of sp³-hybridized carbons (Fsp3) is 0.269. The van der Waals surface area contributed by atoms with E-state index in [2.05, 4.69) is 85.7 Å². The molecule has 154 valence electrons.